The molecule has 0 amide bonds. The molecule has 3 aromatic rings. The van der Waals surface area contributed by atoms with Crippen molar-refractivity contribution in [3.05, 3.63) is 85.8 Å². The van der Waals surface area contributed by atoms with Gasteiger partial charge in [0.15, 0.2) is 0 Å². The third-order valence-electron chi connectivity index (χ3n) is 4.51. The van der Waals surface area contributed by atoms with E-state index in [1.807, 2.05) is 19.1 Å². The fraction of sp³-hybridized carbons (Fsp3) is 0.150. The van der Waals surface area contributed by atoms with E-state index < -0.39 is 17.2 Å². The number of aliphatic imine (C=N–C) groups is 1. The van der Waals surface area contributed by atoms with Crippen molar-refractivity contribution in [1.29, 1.82) is 0 Å². The van der Waals surface area contributed by atoms with Crippen LogP contribution in [-0.4, -0.2) is 15.8 Å². The zero-order valence-electron chi connectivity index (χ0n) is 14.8. The molecule has 5 nitrogen and oxygen atoms in total. The minimum Gasteiger partial charge on any atom is -0.325 e. The summed E-state index contributed by atoms with van der Waals surface area (Å²) in [5, 5.41) is 3.07. The van der Waals surface area contributed by atoms with Crippen LogP contribution >= 0.6 is 11.6 Å². The summed E-state index contributed by atoms with van der Waals surface area (Å²) >= 11 is 5.83. The van der Waals surface area contributed by atoms with E-state index in [9.17, 15) is 13.6 Å². The molecule has 1 aromatic heterocycles. The van der Waals surface area contributed by atoms with Crippen LogP contribution in [0, 0.1) is 18.6 Å². The van der Waals surface area contributed by atoms with Crippen molar-refractivity contribution < 1.29 is 8.78 Å². The smallest absolute Gasteiger partial charge is 0.310 e. The first-order chi connectivity index (χ1) is 13.4. The minimum absolute atomic E-state index is 0.0322. The van der Waals surface area contributed by atoms with E-state index >= 15 is 0 Å². The summed E-state index contributed by atoms with van der Waals surface area (Å²) in [4.78, 5) is 19.8. The molecule has 1 aliphatic rings. The molecule has 0 radical (unpaired) electrons. The number of rotatable bonds is 4. The van der Waals surface area contributed by atoms with Gasteiger partial charge in [-0.3, -0.25) is 9.79 Å². The van der Waals surface area contributed by atoms with Gasteiger partial charge in [-0.25, -0.2) is 4.39 Å². The van der Waals surface area contributed by atoms with E-state index in [1.165, 1.54) is 22.8 Å². The number of aryl methyl sites for hydroxylation is 1. The van der Waals surface area contributed by atoms with Crippen LogP contribution in [0.2, 0.25) is 5.02 Å². The molecule has 1 N–H and O–H groups in total. The molecule has 142 valence electrons. The summed E-state index contributed by atoms with van der Waals surface area (Å²) in [6.07, 6.45) is 2.85. The molecule has 4 rings (SSSR count). The summed E-state index contributed by atoms with van der Waals surface area (Å²) in [5.41, 5.74) is 3.45. The molecular formula is C20H15ClF2N4O. The normalized spacial score (nSPS) is 12.3. The van der Waals surface area contributed by atoms with Gasteiger partial charge >= 0.3 is 5.56 Å². The maximum atomic E-state index is 13.9. The van der Waals surface area contributed by atoms with Crippen LogP contribution in [0.1, 0.15) is 22.3 Å². The number of benzene rings is 2. The van der Waals surface area contributed by atoms with Gasteiger partial charge in [0.2, 0.25) is 11.8 Å². The van der Waals surface area contributed by atoms with E-state index in [0.717, 1.165) is 28.6 Å². The lowest BCUT2D eigenvalue weighted by atomic mass is 10.0. The standard InChI is InChI=1S/C20H15ClF2N4O/c1-11-4-13-7-24-8-14(13)6-18(11)25-20-26-19(28)17(23)10-27(20)9-12-2-3-16(22)15(21)5-12/h2-6,8,10H,7,9H2,1H3,(H,25,26,28). The number of nitrogens with zero attached hydrogens (tertiary/aromatic N) is 3. The van der Waals surface area contributed by atoms with Crippen LogP contribution in [-0.2, 0) is 13.1 Å². The van der Waals surface area contributed by atoms with Crippen molar-refractivity contribution in [3.63, 3.8) is 0 Å². The Balaban J connectivity index is 1.72. The predicted octanol–water partition coefficient (Wildman–Crippen LogP) is 4.21. The van der Waals surface area contributed by atoms with Crippen LogP contribution in [0.15, 0.2) is 46.3 Å². The fourth-order valence-corrected chi connectivity index (χ4v) is 3.26. The highest BCUT2D eigenvalue weighted by Gasteiger charge is 2.14. The molecule has 0 unspecified atom stereocenters. The summed E-state index contributed by atoms with van der Waals surface area (Å²) in [6, 6.07) is 8.15. The Morgan fingerprint density at radius 1 is 1.21 bits per heavy atom. The zero-order chi connectivity index (χ0) is 19.8. The molecule has 0 saturated heterocycles. The number of aromatic nitrogens is 2. The molecule has 0 bridgehead atoms. The average molecular weight is 401 g/mol. The lowest BCUT2D eigenvalue weighted by Gasteiger charge is -2.16. The average Bonchev–Trinajstić information content (AvgIpc) is 3.09. The Hall–Kier alpha value is -3.06. The van der Waals surface area contributed by atoms with E-state index in [-0.39, 0.29) is 17.5 Å². The molecule has 28 heavy (non-hydrogen) atoms. The first kappa shape index (κ1) is 18.3. The number of hydrogen-bond donors (Lipinski definition) is 1. The predicted molar refractivity (Wildman–Crippen MR) is 105 cm³/mol. The molecular weight excluding hydrogens is 386 g/mol. The van der Waals surface area contributed by atoms with Crippen LogP contribution in [0.3, 0.4) is 0 Å². The number of halogens is 3. The summed E-state index contributed by atoms with van der Waals surface area (Å²) in [5.74, 6) is -1.34. The Morgan fingerprint density at radius 3 is 2.82 bits per heavy atom. The Morgan fingerprint density at radius 2 is 2.04 bits per heavy atom. The van der Waals surface area contributed by atoms with Crippen LogP contribution < -0.4 is 10.9 Å². The van der Waals surface area contributed by atoms with Gasteiger partial charge in [0, 0.05) is 18.1 Å². The highest BCUT2D eigenvalue weighted by atomic mass is 35.5. The van der Waals surface area contributed by atoms with Crippen LogP contribution in [0.4, 0.5) is 20.4 Å². The largest absolute Gasteiger partial charge is 0.325 e. The van der Waals surface area contributed by atoms with Crippen molar-refractivity contribution in [2.75, 3.05) is 5.32 Å². The first-order valence-electron chi connectivity index (χ1n) is 8.52. The summed E-state index contributed by atoms with van der Waals surface area (Å²) in [7, 11) is 0. The number of nitrogens with one attached hydrogen (secondary N) is 1. The molecule has 0 saturated carbocycles. The highest BCUT2D eigenvalue weighted by molar-refractivity contribution is 6.30. The summed E-state index contributed by atoms with van der Waals surface area (Å²) < 4.78 is 28.7. The minimum atomic E-state index is -0.975. The molecule has 2 aromatic carbocycles. The third kappa shape index (κ3) is 3.53. The number of anilines is 2. The molecule has 0 spiro atoms. The van der Waals surface area contributed by atoms with Gasteiger partial charge in [-0.05, 0) is 47.4 Å². The quantitative estimate of drug-likeness (QED) is 0.713. The molecule has 8 heteroatoms. The summed E-state index contributed by atoms with van der Waals surface area (Å²) in [6.45, 7) is 2.71. The SMILES string of the molecule is Cc1cc2c(cc1Nc1nc(=O)c(F)cn1Cc1ccc(F)c(Cl)c1)C=NC2. The lowest BCUT2D eigenvalue weighted by molar-refractivity contribution is 0.578. The first-order valence-corrected chi connectivity index (χ1v) is 8.90. The molecule has 1 aliphatic heterocycles. The Bertz CT molecular complexity index is 1170. The van der Waals surface area contributed by atoms with Crippen molar-refractivity contribution in [3.8, 4) is 0 Å². The molecule has 0 aliphatic carbocycles. The van der Waals surface area contributed by atoms with Crippen molar-refractivity contribution in [2.24, 2.45) is 4.99 Å². The molecule has 0 fully saturated rings. The van der Waals surface area contributed by atoms with Gasteiger partial charge < -0.3 is 9.88 Å². The van der Waals surface area contributed by atoms with Gasteiger partial charge in [-0.1, -0.05) is 23.7 Å². The van der Waals surface area contributed by atoms with E-state index in [2.05, 4.69) is 15.3 Å². The monoisotopic (exact) mass is 400 g/mol. The maximum Gasteiger partial charge on any atom is 0.310 e. The highest BCUT2D eigenvalue weighted by Crippen LogP contribution is 2.26. The van der Waals surface area contributed by atoms with Crippen molar-refractivity contribution in [1.82, 2.24) is 9.55 Å². The zero-order valence-corrected chi connectivity index (χ0v) is 15.6. The van der Waals surface area contributed by atoms with E-state index in [4.69, 9.17) is 11.6 Å². The Labute approximate surface area is 164 Å². The van der Waals surface area contributed by atoms with Crippen molar-refractivity contribution >= 4 is 29.5 Å². The lowest BCUT2D eigenvalue weighted by Crippen LogP contribution is -2.20. The van der Waals surface area contributed by atoms with Gasteiger partial charge in [-0.15, -0.1) is 0 Å². The molecule has 0 atom stereocenters. The third-order valence-corrected chi connectivity index (χ3v) is 4.80. The second-order valence-electron chi connectivity index (χ2n) is 6.55. The molecule has 2 heterocycles. The van der Waals surface area contributed by atoms with E-state index in [0.29, 0.717) is 12.1 Å². The number of hydrogen-bond acceptors (Lipinski definition) is 4. The van der Waals surface area contributed by atoms with Gasteiger partial charge in [0.05, 0.1) is 18.1 Å². The maximum absolute atomic E-state index is 13.9. The second kappa shape index (κ2) is 7.16. The second-order valence-corrected chi connectivity index (χ2v) is 6.96. The number of fused-ring (bicyclic) bond motifs is 1. The van der Waals surface area contributed by atoms with Crippen LogP contribution in [0.25, 0.3) is 0 Å². The topological polar surface area (TPSA) is 59.3 Å². The fourth-order valence-electron chi connectivity index (χ4n) is 3.06. The van der Waals surface area contributed by atoms with E-state index in [1.54, 1.807) is 6.21 Å². The Kier molecular flexibility index (Phi) is 4.68. The van der Waals surface area contributed by atoms with Gasteiger partial charge in [0.25, 0.3) is 0 Å². The van der Waals surface area contributed by atoms with Crippen LogP contribution in [0.5, 0.6) is 0 Å². The van der Waals surface area contributed by atoms with Crippen molar-refractivity contribution in [2.45, 2.75) is 20.0 Å². The van der Waals surface area contributed by atoms with Gasteiger partial charge in [-0.2, -0.15) is 9.37 Å². The van der Waals surface area contributed by atoms with Gasteiger partial charge in [0.1, 0.15) is 5.82 Å².